The maximum atomic E-state index is 13.4. The molecule has 0 bridgehead atoms. The van der Waals surface area contributed by atoms with E-state index < -0.39 is 23.6 Å². The highest BCUT2D eigenvalue weighted by atomic mass is 35.5. The number of alkyl halides is 6. The SMILES string of the molecule is FC(F)(F)c1ccc(Nc2nc(Cl)nc3nc(-c4ccccc4C(F)(F)F)ccc23)cn1. The van der Waals surface area contributed by atoms with Crippen molar-refractivity contribution in [3.8, 4) is 11.3 Å². The maximum absolute atomic E-state index is 13.4. The number of nitrogens with one attached hydrogen (secondary N) is 1. The van der Waals surface area contributed by atoms with Crippen molar-refractivity contribution in [3.05, 3.63) is 71.3 Å². The van der Waals surface area contributed by atoms with Gasteiger partial charge in [0.1, 0.15) is 11.5 Å². The average molecular weight is 470 g/mol. The Balaban J connectivity index is 1.75. The Bertz CT molecular complexity index is 1290. The van der Waals surface area contributed by atoms with Gasteiger partial charge in [0.15, 0.2) is 5.65 Å². The van der Waals surface area contributed by atoms with Gasteiger partial charge in [0.25, 0.3) is 0 Å². The fourth-order valence-corrected chi connectivity index (χ4v) is 3.12. The van der Waals surface area contributed by atoms with Crippen molar-refractivity contribution in [2.24, 2.45) is 0 Å². The van der Waals surface area contributed by atoms with E-state index in [1.807, 2.05) is 0 Å². The van der Waals surface area contributed by atoms with Crippen LogP contribution >= 0.6 is 11.6 Å². The van der Waals surface area contributed by atoms with E-state index in [-0.39, 0.29) is 33.7 Å². The summed E-state index contributed by atoms with van der Waals surface area (Å²) in [6, 6.07) is 9.70. The molecule has 4 aromatic rings. The van der Waals surface area contributed by atoms with Crippen LogP contribution in [0, 0.1) is 0 Å². The minimum Gasteiger partial charge on any atom is -0.338 e. The first kappa shape index (κ1) is 21.8. The number of fused-ring (bicyclic) bond motifs is 1. The highest BCUT2D eigenvalue weighted by molar-refractivity contribution is 6.28. The predicted octanol–water partition coefficient (Wildman–Crippen LogP) is 6.52. The highest BCUT2D eigenvalue weighted by Gasteiger charge is 2.34. The minimum atomic E-state index is -4.59. The van der Waals surface area contributed by atoms with E-state index in [9.17, 15) is 26.3 Å². The van der Waals surface area contributed by atoms with Crippen LogP contribution in [0.3, 0.4) is 0 Å². The standard InChI is InChI=1S/C20H10ClF6N5/c21-18-31-16(29-10-5-8-15(28-9-10)20(25,26)27)12-6-7-14(30-17(12)32-18)11-3-1-2-4-13(11)19(22,23)24/h1-9H,(H,29,30,31,32). The molecule has 0 aliphatic rings. The van der Waals surface area contributed by atoms with Crippen LogP contribution < -0.4 is 5.32 Å². The van der Waals surface area contributed by atoms with Gasteiger partial charge in [-0.1, -0.05) is 18.2 Å². The van der Waals surface area contributed by atoms with Crippen LogP contribution in [0.25, 0.3) is 22.3 Å². The molecule has 3 heterocycles. The summed E-state index contributed by atoms with van der Waals surface area (Å²) in [4.78, 5) is 15.5. The molecule has 0 saturated carbocycles. The Kier molecular flexibility index (Phi) is 5.37. The maximum Gasteiger partial charge on any atom is 0.433 e. The zero-order valence-corrected chi connectivity index (χ0v) is 16.4. The van der Waals surface area contributed by atoms with Gasteiger partial charge in [0.2, 0.25) is 5.28 Å². The number of hydrogen-bond donors (Lipinski definition) is 1. The second-order valence-corrected chi connectivity index (χ2v) is 6.85. The molecule has 1 aromatic carbocycles. The van der Waals surface area contributed by atoms with Crippen molar-refractivity contribution < 1.29 is 26.3 Å². The zero-order valence-electron chi connectivity index (χ0n) is 15.6. The summed E-state index contributed by atoms with van der Waals surface area (Å²) in [7, 11) is 0. The van der Waals surface area contributed by atoms with E-state index in [0.717, 1.165) is 24.4 Å². The third kappa shape index (κ3) is 4.42. The molecule has 32 heavy (non-hydrogen) atoms. The molecule has 4 rings (SSSR count). The summed E-state index contributed by atoms with van der Waals surface area (Å²) in [5, 5.41) is 2.81. The van der Waals surface area contributed by atoms with Gasteiger partial charge in [-0.2, -0.15) is 36.3 Å². The predicted molar refractivity (Wildman–Crippen MR) is 105 cm³/mol. The molecule has 0 fully saturated rings. The van der Waals surface area contributed by atoms with Crippen molar-refractivity contribution in [3.63, 3.8) is 0 Å². The largest absolute Gasteiger partial charge is 0.433 e. The van der Waals surface area contributed by atoms with E-state index in [1.165, 1.54) is 30.3 Å². The lowest BCUT2D eigenvalue weighted by molar-refractivity contribution is -0.141. The lowest BCUT2D eigenvalue weighted by Gasteiger charge is -2.13. The fraction of sp³-hybridized carbons (Fsp3) is 0.100. The first-order valence-corrected chi connectivity index (χ1v) is 9.21. The first-order chi connectivity index (χ1) is 15.0. The van der Waals surface area contributed by atoms with Gasteiger partial charge in [-0.3, -0.25) is 0 Å². The number of benzene rings is 1. The van der Waals surface area contributed by atoms with Gasteiger partial charge in [-0.15, -0.1) is 0 Å². The quantitative estimate of drug-likeness (QED) is 0.273. The van der Waals surface area contributed by atoms with Gasteiger partial charge < -0.3 is 5.32 Å². The van der Waals surface area contributed by atoms with E-state index in [0.29, 0.717) is 5.39 Å². The van der Waals surface area contributed by atoms with Crippen LogP contribution in [-0.2, 0) is 12.4 Å². The topological polar surface area (TPSA) is 63.6 Å². The summed E-state index contributed by atoms with van der Waals surface area (Å²) in [5.74, 6) is 0.102. The molecular formula is C20H10ClF6N5. The first-order valence-electron chi connectivity index (χ1n) is 8.83. The number of pyridine rings is 2. The van der Waals surface area contributed by atoms with Crippen molar-refractivity contribution in [1.82, 2.24) is 19.9 Å². The van der Waals surface area contributed by atoms with Crippen LogP contribution in [0.5, 0.6) is 0 Å². The smallest absolute Gasteiger partial charge is 0.338 e. The zero-order chi connectivity index (χ0) is 23.1. The van der Waals surface area contributed by atoms with E-state index in [2.05, 4.69) is 25.3 Å². The summed E-state index contributed by atoms with van der Waals surface area (Å²) < 4.78 is 78.1. The molecule has 164 valence electrons. The number of anilines is 2. The molecule has 5 nitrogen and oxygen atoms in total. The second kappa shape index (κ2) is 7.90. The van der Waals surface area contributed by atoms with Crippen molar-refractivity contribution in [2.45, 2.75) is 12.4 Å². The molecule has 1 N–H and O–H groups in total. The van der Waals surface area contributed by atoms with E-state index in [1.54, 1.807) is 0 Å². The number of aromatic nitrogens is 4. The number of hydrogen-bond acceptors (Lipinski definition) is 5. The van der Waals surface area contributed by atoms with Gasteiger partial charge >= 0.3 is 12.4 Å². The molecule has 3 aromatic heterocycles. The van der Waals surface area contributed by atoms with E-state index in [4.69, 9.17) is 11.6 Å². The lowest BCUT2D eigenvalue weighted by Crippen LogP contribution is -2.08. The van der Waals surface area contributed by atoms with Crippen LogP contribution in [-0.4, -0.2) is 19.9 Å². The fourth-order valence-electron chi connectivity index (χ4n) is 2.95. The van der Waals surface area contributed by atoms with Crippen LogP contribution in [0.2, 0.25) is 5.28 Å². The van der Waals surface area contributed by atoms with Gasteiger partial charge in [-0.25, -0.2) is 9.97 Å². The molecule has 0 aliphatic heterocycles. The lowest BCUT2D eigenvalue weighted by atomic mass is 10.0. The Morgan fingerprint density at radius 3 is 2.19 bits per heavy atom. The Hall–Kier alpha value is -3.47. The van der Waals surface area contributed by atoms with Crippen molar-refractivity contribution >= 4 is 34.1 Å². The summed E-state index contributed by atoms with van der Waals surface area (Å²) >= 11 is 5.93. The summed E-state index contributed by atoms with van der Waals surface area (Å²) in [6.07, 6.45) is -8.21. The van der Waals surface area contributed by atoms with Crippen LogP contribution in [0.1, 0.15) is 11.3 Å². The van der Waals surface area contributed by atoms with E-state index >= 15 is 0 Å². The minimum absolute atomic E-state index is 0.00171. The van der Waals surface area contributed by atoms with Crippen LogP contribution in [0.4, 0.5) is 37.8 Å². The Labute approximate surface area is 181 Å². The van der Waals surface area contributed by atoms with Gasteiger partial charge in [0.05, 0.1) is 28.5 Å². The average Bonchev–Trinajstić information content (AvgIpc) is 2.72. The molecule has 12 heteroatoms. The van der Waals surface area contributed by atoms with Crippen molar-refractivity contribution in [1.29, 1.82) is 0 Å². The normalized spacial score (nSPS) is 12.2. The molecule has 0 spiro atoms. The molecule has 0 saturated heterocycles. The third-order valence-electron chi connectivity index (χ3n) is 4.36. The van der Waals surface area contributed by atoms with Crippen LogP contribution in [0.15, 0.2) is 54.7 Å². The number of halogens is 7. The Morgan fingerprint density at radius 2 is 1.53 bits per heavy atom. The molecule has 0 amide bonds. The second-order valence-electron chi connectivity index (χ2n) is 6.51. The monoisotopic (exact) mass is 469 g/mol. The molecule has 0 atom stereocenters. The van der Waals surface area contributed by atoms with Crippen molar-refractivity contribution in [2.75, 3.05) is 5.32 Å². The molecule has 0 radical (unpaired) electrons. The molecule has 0 aliphatic carbocycles. The van der Waals surface area contributed by atoms with Gasteiger partial charge in [-0.05, 0) is 41.9 Å². The third-order valence-corrected chi connectivity index (χ3v) is 4.53. The summed E-state index contributed by atoms with van der Waals surface area (Å²) in [5.41, 5.74) is -1.87. The summed E-state index contributed by atoms with van der Waals surface area (Å²) in [6.45, 7) is 0. The number of rotatable bonds is 3. The number of nitrogens with zero attached hydrogens (tertiary/aromatic N) is 4. The highest BCUT2D eigenvalue weighted by Crippen LogP contribution is 2.37. The van der Waals surface area contributed by atoms with Gasteiger partial charge in [0, 0.05) is 5.56 Å². The molecule has 0 unspecified atom stereocenters. The molecular weight excluding hydrogens is 460 g/mol. The Morgan fingerprint density at radius 1 is 0.781 bits per heavy atom.